The van der Waals surface area contributed by atoms with Crippen molar-refractivity contribution in [1.82, 2.24) is 10.0 Å². The molecule has 0 saturated heterocycles. The summed E-state index contributed by atoms with van der Waals surface area (Å²) >= 11 is 0. The van der Waals surface area contributed by atoms with E-state index < -0.39 is 21.7 Å². The molecule has 0 aliphatic rings. The van der Waals surface area contributed by atoms with Crippen LogP contribution < -0.4 is 10.0 Å². The zero-order valence-electron chi connectivity index (χ0n) is 8.32. The lowest BCUT2D eigenvalue weighted by Crippen LogP contribution is -2.38. The number of sulfonamides is 1. The summed E-state index contributed by atoms with van der Waals surface area (Å²) < 4.78 is 28.5. The lowest BCUT2D eigenvalue weighted by atomic mass is 10.6. The molecule has 0 aromatic heterocycles. The predicted molar refractivity (Wildman–Crippen MR) is 52.3 cm³/mol. The van der Waals surface area contributed by atoms with E-state index in [1.54, 1.807) is 0 Å². The van der Waals surface area contributed by atoms with E-state index in [9.17, 15) is 13.2 Å². The van der Waals surface area contributed by atoms with E-state index >= 15 is 0 Å². The molecule has 7 nitrogen and oxygen atoms in total. The molecule has 0 aromatic rings. The third-order valence-electron chi connectivity index (χ3n) is 1.34. The monoisotopic (exact) mass is 235 g/mol. The normalized spacial score (nSPS) is 10.7. The summed E-state index contributed by atoms with van der Waals surface area (Å²) in [5.74, 6) is -1.12. The van der Waals surface area contributed by atoms with Gasteiger partial charge in [0.2, 0.25) is 15.9 Å². The maximum absolute atomic E-state index is 11.0. The second kappa shape index (κ2) is 7.17. The van der Waals surface area contributed by atoms with E-state index in [0.29, 0.717) is 13.2 Å². The van der Waals surface area contributed by atoms with Gasteiger partial charge >= 0.3 is 0 Å². The SMILES string of the molecule is COCCNC(=O)CNS(=O)(=O)CC#N. The van der Waals surface area contributed by atoms with Crippen LogP contribution in [0, 0.1) is 11.3 Å². The first-order valence-corrected chi connectivity index (χ1v) is 5.77. The Balaban J connectivity index is 3.77. The molecule has 0 fully saturated rings. The van der Waals surface area contributed by atoms with Crippen LogP contribution in [0.15, 0.2) is 0 Å². The van der Waals surface area contributed by atoms with Gasteiger partial charge in [0.25, 0.3) is 0 Å². The summed E-state index contributed by atoms with van der Waals surface area (Å²) in [6.07, 6.45) is 0. The first-order valence-electron chi connectivity index (χ1n) is 4.12. The fraction of sp³-hybridized carbons (Fsp3) is 0.714. The maximum atomic E-state index is 11.0. The van der Waals surface area contributed by atoms with Gasteiger partial charge in [-0.1, -0.05) is 0 Å². The number of rotatable bonds is 7. The molecule has 0 rings (SSSR count). The summed E-state index contributed by atoms with van der Waals surface area (Å²) in [4.78, 5) is 11.0. The molecule has 0 bridgehead atoms. The molecule has 0 aliphatic carbocycles. The van der Waals surface area contributed by atoms with Crippen molar-refractivity contribution in [2.75, 3.05) is 32.6 Å². The predicted octanol–water partition coefficient (Wildman–Crippen LogP) is -1.81. The van der Waals surface area contributed by atoms with Gasteiger partial charge < -0.3 is 10.1 Å². The van der Waals surface area contributed by atoms with Crippen molar-refractivity contribution in [1.29, 1.82) is 5.26 Å². The van der Waals surface area contributed by atoms with Crippen LogP contribution in [0.2, 0.25) is 0 Å². The molecule has 0 atom stereocenters. The minimum Gasteiger partial charge on any atom is -0.383 e. The maximum Gasteiger partial charge on any atom is 0.235 e. The van der Waals surface area contributed by atoms with E-state index in [1.807, 2.05) is 4.72 Å². The van der Waals surface area contributed by atoms with Crippen molar-refractivity contribution in [2.45, 2.75) is 0 Å². The van der Waals surface area contributed by atoms with Crippen LogP contribution in [0.5, 0.6) is 0 Å². The largest absolute Gasteiger partial charge is 0.383 e. The zero-order valence-corrected chi connectivity index (χ0v) is 9.13. The highest BCUT2D eigenvalue weighted by molar-refractivity contribution is 7.89. The van der Waals surface area contributed by atoms with E-state index in [4.69, 9.17) is 5.26 Å². The van der Waals surface area contributed by atoms with Gasteiger partial charge in [-0.25, -0.2) is 13.1 Å². The van der Waals surface area contributed by atoms with Crippen molar-refractivity contribution < 1.29 is 17.9 Å². The van der Waals surface area contributed by atoms with Crippen LogP contribution >= 0.6 is 0 Å². The van der Waals surface area contributed by atoms with E-state index in [2.05, 4.69) is 10.1 Å². The van der Waals surface area contributed by atoms with Gasteiger partial charge in [0.1, 0.15) is 0 Å². The molecular formula is C7H13N3O4S. The minimum atomic E-state index is -3.66. The zero-order chi connectivity index (χ0) is 11.7. The van der Waals surface area contributed by atoms with Crippen molar-refractivity contribution in [2.24, 2.45) is 0 Å². The van der Waals surface area contributed by atoms with Crippen molar-refractivity contribution in [3.8, 4) is 6.07 Å². The second-order valence-corrected chi connectivity index (χ2v) is 4.39. The molecule has 0 aromatic carbocycles. The number of ether oxygens (including phenoxy) is 1. The summed E-state index contributed by atoms with van der Waals surface area (Å²) in [6.45, 7) is 0.305. The second-order valence-electron chi connectivity index (χ2n) is 2.58. The Morgan fingerprint density at radius 3 is 2.73 bits per heavy atom. The summed E-state index contributed by atoms with van der Waals surface area (Å²) in [5.41, 5.74) is 0. The Labute approximate surface area is 88.5 Å². The number of nitrogens with one attached hydrogen (secondary N) is 2. The molecule has 0 unspecified atom stereocenters. The number of hydrogen-bond donors (Lipinski definition) is 2. The topological polar surface area (TPSA) is 108 Å². The molecular weight excluding hydrogens is 222 g/mol. The number of methoxy groups -OCH3 is 1. The Morgan fingerprint density at radius 1 is 1.53 bits per heavy atom. The van der Waals surface area contributed by atoms with E-state index in [-0.39, 0.29) is 6.54 Å². The smallest absolute Gasteiger partial charge is 0.235 e. The highest BCUT2D eigenvalue weighted by Crippen LogP contribution is 1.80. The lowest BCUT2D eigenvalue weighted by molar-refractivity contribution is -0.120. The molecule has 0 radical (unpaired) electrons. The van der Waals surface area contributed by atoms with Gasteiger partial charge in [-0.2, -0.15) is 5.26 Å². The molecule has 0 aliphatic heterocycles. The highest BCUT2D eigenvalue weighted by atomic mass is 32.2. The minimum absolute atomic E-state index is 0.315. The average molecular weight is 235 g/mol. The number of carbonyl (C=O) groups excluding carboxylic acids is 1. The molecule has 0 heterocycles. The molecule has 8 heteroatoms. The Kier molecular flexibility index (Phi) is 6.61. The van der Waals surface area contributed by atoms with Crippen LogP contribution in [-0.2, 0) is 19.6 Å². The molecule has 1 amide bonds. The Morgan fingerprint density at radius 2 is 2.20 bits per heavy atom. The molecule has 86 valence electrons. The molecule has 15 heavy (non-hydrogen) atoms. The van der Waals surface area contributed by atoms with Gasteiger partial charge in [-0.05, 0) is 0 Å². The number of nitriles is 1. The third kappa shape index (κ3) is 7.87. The summed E-state index contributed by atoms with van der Waals surface area (Å²) in [5, 5.41) is 10.6. The van der Waals surface area contributed by atoms with Crippen LogP contribution in [0.4, 0.5) is 0 Å². The third-order valence-corrected chi connectivity index (χ3v) is 2.43. The average Bonchev–Trinajstić information content (AvgIpc) is 2.15. The fourth-order valence-electron chi connectivity index (χ4n) is 0.667. The van der Waals surface area contributed by atoms with Crippen LogP contribution in [-0.4, -0.2) is 46.9 Å². The van der Waals surface area contributed by atoms with Crippen molar-refractivity contribution in [3.63, 3.8) is 0 Å². The summed E-state index contributed by atoms with van der Waals surface area (Å²) in [6, 6.07) is 1.48. The fourth-order valence-corrected chi connectivity index (χ4v) is 1.29. The number of amides is 1. The van der Waals surface area contributed by atoms with Gasteiger partial charge in [0.05, 0.1) is 19.2 Å². The van der Waals surface area contributed by atoms with Crippen molar-refractivity contribution >= 4 is 15.9 Å². The number of carbonyl (C=O) groups is 1. The van der Waals surface area contributed by atoms with Crippen LogP contribution in [0.3, 0.4) is 0 Å². The van der Waals surface area contributed by atoms with Crippen LogP contribution in [0.25, 0.3) is 0 Å². The quantitative estimate of drug-likeness (QED) is 0.506. The standard InChI is InChI=1S/C7H13N3O4S/c1-14-4-3-9-7(11)6-10-15(12,13)5-2-8/h10H,3-6H2,1H3,(H,9,11). The molecule has 2 N–H and O–H groups in total. The first kappa shape index (κ1) is 13.8. The van der Waals surface area contributed by atoms with E-state index in [0.717, 1.165) is 0 Å². The highest BCUT2D eigenvalue weighted by Gasteiger charge is 2.10. The van der Waals surface area contributed by atoms with Gasteiger partial charge in [-0.3, -0.25) is 4.79 Å². The molecule has 0 saturated carbocycles. The first-order chi connectivity index (χ1) is 7.02. The Bertz CT molecular complexity index is 333. The number of hydrogen-bond acceptors (Lipinski definition) is 5. The van der Waals surface area contributed by atoms with Crippen molar-refractivity contribution in [3.05, 3.63) is 0 Å². The Hall–Kier alpha value is -1.17. The van der Waals surface area contributed by atoms with Gasteiger partial charge in [0.15, 0.2) is 5.75 Å². The molecule has 0 spiro atoms. The van der Waals surface area contributed by atoms with Crippen LogP contribution in [0.1, 0.15) is 0 Å². The summed E-state index contributed by atoms with van der Waals surface area (Å²) in [7, 11) is -2.17. The van der Waals surface area contributed by atoms with Gasteiger partial charge in [0, 0.05) is 13.7 Å². The number of nitrogens with zero attached hydrogens (tertiary/aromatic N) is 1. The lowest BCUT2D eigenvalue weighted by Gasteiger charge is -2.05. The van der Waals surface area contributed by atoms with Gasteiger partial charge in [-0.15, -0.1) is 0 Å². The van der Waals surface area contributed by atoms with E-state index in [1.165, 1.54) is 13.2 Å².